The van der Waals surface area contributed by atoms with Crippen LogP contribution in [0.15, 0.2) is 48.8 Å². The minimum atomic E-state index is -0.166. The minimum Gasteiger partial charge on any atom is -0.378 e. The van der Waals surface area contributed by atoms with E-state index in [1.165, 1.54) is 11.4 Å². The van der Waals surface area contributed by atoms with Crippen molar-refractivity contribution in [1.29, 1.82) is 0 Å². The van der Waals surface area contributed by atoms with Crippen molar-refractivity contribution in [1.82, 2.24) is 19.4 Å². The number of hydrogen-bond acceptors (Lipinski definition) is 6. The number of rotatable bonds is 2. The standard InChI is InChI=1S/C25H28N6O2/c1-18-19(17-26-24(27-18)30-13-15-33-16-14-30)23(32)29-11-8-25(9-12-29)22-7-4-10-31(22)21-6-3-2-5-20(21)28-25/h2-7,10,17,28H,8-9,11-16H2,1H3. The number of aryl methyl sites for hydroxylation is 1. The van der Waals surface area contributed by atoms with Gasteiger partial charge in [-0.15, -0.1) is 0 Å². The number of ether oxygens (including phenoxy) is 1. The average molecular weight is 445 g/mol. The number of piperidine rings is 1. The lowest BCUT2D eigenvalue weighted by molar-refractivity contribution is 0.0674. The van der Waals surface area contributed by atoms with Crippen LogP contribution in [-0.4, -0.2) is 64.7 Å². The van der Waals surface area contributed by atoms with E-state index in [9.17, 15) is 4.79 Å². The highest BCUT2D eigenvalue weighted by Crippen LogP contribution is 2.43. The van der Waals surface area contributed by atoms with E-state index < -0.39 is 0 Å². The number of hydrogen-bond donors (Lipinski definition) is 1. The SMILES string of the molecule is Cc1nc(N2CCOCC2)ncc1C(=O)N1CCC2(CC1)Nc1ccccc1-n1cccc12. The molecular weight excluding hydrogens is 416 g/mol. The summed E-state index contributed by atoms with van der Waals surface area (Å²) in [5, 5.41) is 3.81. The number of fused-ring (bicyclic) bond motifs is 4. The molecule has 0 radical (unpaired) electrons. The second kappa shape index (κ2) is 7.88. The second-order valence-corrected chi connectivity index (χ2v) is 9.05. The first-order valence-corrected chi connectivity index (χ1v) is 11.7. The zero-order valence-corrected chi connectivity index (χ0v) is 18.8. The molecule has 3 aliphatic rings. The van der Waals surface area contributed by atoms with Crippen LogP contribution in [0.1, 0.15) is 34.6 Å². The van der Waals surface area contributed by atoms with Crippen LogP contribution in [0.2, 0.25) is 0 Å². The van der Waals surface area contributed by atoms with Crippen molar-refractivity contribution in [3.63, 3.8) is 0 Å². The normalized spacial score (nSPS) is 19.1. The van der Waals surface area contributed by atoms with E-state index >= 15 is 0 Å². The molecule has 170 valence electrons. The fraction of sp³-hybridized carbons (Fsp3) is 0.400. The van der Waals surface area contributed by atoms with Gasteiger partial charge in [0.25, 0.3) is 5.91 Å². The van der Waals surface area contributed by atoms with Gasteiger partial charge >= 0.3 is 0 Å². The highest BCUT2D eigenvalue weighted by Gasteiger charge is 2.42. The maximum absolute atomic E-state index is 13.4. The summed E-state index contributed by atoms with van der Waals surface area (Å²) >= 11 is 0. The van der Waals surface area contributed by atoms with Crippen LogP contribution in [-0.2, 0) is 10.3 Å². The van der Waals surface area contributed by atoms with Gasteiger partial charge in [-0.1, -0.05) is 12.1 Å². The van der Waals surface area contributed by atoms with Crippen LogP contribution in [0, 0.1) is 6.92 Å². The maximum atomic E-state index is 13.4. The molecule has 6 rings (SSSR count). The van der Waals surface area contributed by atoms with E-state index in [-0.39, 0.29) is 11.4 Å². The number of nitrogens with one attached hydrogen (secondary N) is 1. The number of anilines is 2. The Labute approximate surface area is 193 Å². The summed E-state index contributed by atoms with van der Waals surface area (Å²) in [4.78, 5) is 26.6. The Morgan fingerprint density at radius 2 is 1.85 bits per heavy atom. The van der Waals surface area contributed by atoms with Crippen LogP contribution in [0.5, 0.6) is 0 Å². The molecule has 1 N–H and O–H groups in total. The Kier molecular flexibility index (Phi) is 4.83. The minimum absolute atomic E-state index is 0.0162. The quantitative estimate of drug-likeness (QED) is 0.655. The first-order chi connectivity index (χ1) is 16.1. The van der Waals surface area contributed by atoms with E-state index in [0.717, 1.165) is 37.3 Å². The zero-order chi connectivity index (χ0) is 22.4. The van der Waals surface area contributed by atoms with Gasteiger partial charge in [0.2, 0.25) is 5.95 Å². The number of benzene rings is 1. The molecule has 8 heteroatoms. The molecule has 2 aromatic heterocycles. The lowest BCUT2D eigenvalue weighted by atomic mass is 9.82. The number of likely N-dealkylation sites (tertiary alicyclic amines) is 1. The van der Waals surface area contributed by atoms with E-state index in [2.05, 4.69) is 67.3 Å². The molecule has 0 bridgehead atoms. The van der Waals surface area contributed by atoms with E-state index in [4.69, 9.17) is 4.74 Å². The van der Waals surface area contributed by atoms with Crippen molar-refractivity contribution in [3.8, 4) is 5.69 Å². The van der Waals surface area contributed by atoms with Gasteiger partial charge in [-0.3, -0.25) is 4.79 Å². The van der Waals surface area contributed by atoms with E-state index in [1.807, 2.05) is 11.8 Å². The van der Waals surface area contributed by atoms with Crippen molar-refractivity contribution in [2.75, 3.05) is 49.6 Å². The monoisotopic (exact) mass is 444 g/mol. The molecule has 33 heavy (non-hydrogen) atoms. The van der Waals surface area contributed by atoms with Crippen molar-refractivity contribution in [3.05, 3.63) is 65.7 Å². The maximum Gasteiger partial charge on any atom is 0.257 e. The number of nitrogens with zero attached hydrogens (tertiary/aromatic N) is 5. The van der Waals surface area contributed by atoms with Crippen molar-refractivity contribution >= 4 is 17.5 Å². The highest BCUT2D eigenvalue weighted by atomic mass is 16.5. The number of carbonyl (C=O) groups is 1. The van der Waals surface area contributed by atoms with E-state index in [1.54, 1.807) is 6.20 Å². The third-order valence-electron chi connectivity index (χ3n) is 7.17. The van der Waals surface area contributed by atoms with Crippen molar-refractivity contribution in [2.45, 2.75) is 25.3 Å². The first kappa shape index (κ1) is 20.2. The Morgan fingerprint density at radius 1 is 1.06 bits per heavy atom. The highest BCUT2D eigenvalue weighted by molar-refractivity contribution is 5.95. The van der Waals surface area contributed by atoms with Gasteiger partial charge in [0.1, 0.15) is 0 Å². The predicted octanol–water partition coefficient (Wildman–Crippen LogP) is 2.97. The Bertz CT molecular complexity index is 1190. The summed E-state index contributed by atoms with van der Waals surface area (Å²) in [6.45, 7) is 6.18. The molecule has 1 spiro atoms. The molecule has 1 amide bonds. The molecule has 0 aliphatic carbocycles. The van der Waals surface area contributed by atoms with Gasteiger partial charge in [0.15, 0.2) is 0 Å². The van der Waals surface area contributed by atoms with Crippen molar-refractivity contribution < 1.29 is 9.53 Å². The molecule has 2 saturated heterocycles. The largest absolute Gasteiger partial charge is 0.378 e. The predicted molar refractivity (Wildman–Crippen MR) is 126 cm³/mol. The third-order valence-corrected chi connectivity index (χ3v) is 7.17. The van der Waals surface area contributed by atoms with Gasteiger partial charge in [-0.2, -0.15) is 0 Å². The molecule has 0 atom stereocenters. The molecular formula is C25H28N6O2. The van der Waals surface area contributed by atoms with E-state index in [0.29, 0.717) is 37.8 Å². The van der Waals surface area contributed by atoms with Crippen molar-refractivity contribution in [2.24, 2.45) is 0 Å². The summed E-state index contributed by atoms with van der Waals surface area (Å²) in [7, 11) is 0. The average Bonchev–Trinajstić information content (AvgIpc) is 3.36. The lowest BCUT2D eigenvalue weighted by Crippen LogP contribution is -2.51. The smallest absolute Gasteiger partial charge is 0.257 e. The van der Waals surface area contributed by atoms with Gasteiger partial charge in [0, 0.05) is 44.3 Å². The van der Waals surface area contributed by atoms with Crippen LogP contribution in [0.25, 0.3) is 5.69 Å². The summed E-state index contributed by atoms with van der Waals surface area (Å²) in [6, 6.07) is 12.7. The topological polar surface area (TPSA) is 75.5 Å². The molecule has 8 nitrogen and oxygen atoms in total. The van der Waals surface area contributed by atoms with Gasteiger partial charge in [-0.25, -0.2) is 9.97 Å². The molecule has 5 heterocycles. The summed E-state index contributed by atoms with van der Waals surface area (Å²) < 4.78 is 7.70. The molecule has 3 aromatic rings. The van der Waals surface area contributed by atoms with Crippen LogP contribution < -0.4 is 10.2 Å². The molecule has 2 fully saturated rings. The van der Waals surface area contributed by atoms with Crippen LogP contribution in [0.3, 0.4) is 0 Å². The number of aromatic nitrogens is 3. The molecule has 3 aliphatic heterocycles. The lowest BCUT2D eigenvalue weighted by Gasteiger charge is -2.46. The molecule has 0 unspecified atom stereocenters. The first-order valence-electron chi connectivity index (χ1n) is 11.7. The van der Waals surface area contributed by atoms with Gasteiger partial charge < -0.3 is 24.4 Å². The molecule has 0 saturated carbocycles. The van der Waals surface area contributed by atoms with Gasteiger partial charge in [-0.05, 0) is 44.0 Å². The Morgan fingerprint density at radius 3 is 2.64 bits per heavy atom. The second-order valence-electron chi connectivity index (χ2n) is 9.05. The van der Waals surface area contributed by atoms with Gasteiger partial charge in [0.05, 0.1) is 41.4 Å². The number of amides is 1. The number of carbonyl (C=O) groups excluding carboxylic acids is 1. The fourth-order valence-corrected chi connectivity index (χ4v) is 5.32. The number of morpholine rings is 1. The summed E-state index contributed by atoms with van der Waals surface area (Å²) in [5.74, 6) is 0.693. The summed E-state index contributed by atoms with van der Waals surface area (Å²) in [6.07, 6.45) is 5.52. The van der Waals surface area contributed by atoms with Crippen LogP contribution >= 0.6 is 0 Å². The Balaban J connectivity index is 1.20. The Hall–Kier alpha value is -3.39. The number of para-hydroxylation sites is 2. The third kappa shape index (κ3) is 3.36. The molecule has 1 aromatic carbocycles. The summed E-state index contributed by atoms with van der Waals surface area (Å²) in [5.41, 5.74) is 4.74. The fourth-order valence-electron chi connectivity index (χ4n) is 5.32. The van der Waals surface area contributed by atoms with Crippen LogP contribution in [0.4, 0.5) is 11.6 Å². The zero-order valence-electron chi connectivity index (χ0n) is 18.8.